The first kappa shape index (κ1) is 22.5. The van der Waals surface area contributed by atoms with Gasteiger partial charge in [0.25, 0.3) is 0 Å². The van der Waals surface area contributed by atoms with Crippen LogP contribution >= 0.6 is 0 Å². The number of aromatic amines is 1. The van der Waals surface area contributed by atoms with Crippen molar-refractivity contribution >= 4 is 11.0 Å². The lowest BCUT2D eigenvalue weighted by Gasteiger charge is -2.52. The Morgan fingerprint density at radius 2 is 1.59 bits per heavy atom. The molecule has 0 aromatic carbocycles. The minimum atomic E-state index is -0.185. The van der Waals surface area contributed by atoms with Gasteiger partial charge in [0.2, 0.25) is 6.54 Å². The average Bonchev–Trinajstić information content (AvgIpc) is 3.40. The van der Waals surface area contributed by atoms with Crippen molar-refractivity contribution in [2.45, 2.75) is 68.4 Å². The van der Waals surface area contributed by atoms with E-state index in [4.69, 9.17) is 11.7 Å². The maximum absolute atomic E-state index is 7.81. The van der Waals surface area contributed by atoms with Crippen molar-refractivity contribution in [1.29, 1.82) is 0 Å². The second-order valence-corrected chi connectivity index (χ2v) is 11.7. The quantitative estimate of drug-likeness (QED) is 0.485. The van der Waals surface area contributed by atoms with Crippen LogP contribution in [0.25, 0.3) is 27.1 Å². The molecule has 0 radical (unpaired) electrons. The van der Waals surface area contributed by atoms with E-state index < -0.39 is 0 Å². The minimum Gasteiger partial charge on any atom is -0.346 e. The summed E-state index contributed by atoms with van der Waals surface area (Å²) in [6.07, 6.45) is 7.40. The Bertz CT molecular complexity index is 1170. The van der Waals surface area contributed by atoms with E-state index in [0.717, 1.165) is 22.3 Å². The van der Waals surface area contributed by atoms with Gasteiger partial charge >= 0.3 is 0 Å². The van der Waals surface area contributed by atoms with Crippen molar-refractivity contribution < 1.29 is 0 Å². The van der Waals surface area contributed by atoms with Crippen LogP contribution in [0.5, 0.6) is 0 Å². The summed E-state index contributed by atoms with van der Waals surface area (Å²) < 4.78 is 2.04. The topological polar surface area (TPSA) is 63.8 Å². The Labute approximate surface area is 191 Å². The van der Waals surface area contributed by atoms with Crippen LogP contribution in [0.1, 0.15) is 68.4 Å². The number of hydrogen-bond donors (Lipinski definition) is 1. The predicted octanol–water partition coefficient (Wildman–Crippen LogP) is 6.41. The third-order valence-corrected chi connectivity index (χ3v) is 10.8. The number of nitrogens with zero attached hydrogens (tertiary/aromatic N) is 5. The van der Waals surface area contributed by atoms with Gasteiger partial charge in [-0.05, 0) is 27.7 Å². The van der Waals surface area contributed by atoms with E-state index in [2.05, 4.69) is 88.3 Å². The molecule has 3 heterocycles. The van der Waals surface area contributed by atoms with Crippen molar-refractivity contribution in [2.75, 3.05) is 6.54 Å². The van der Waals surface area contributed by atoms with Crippen LogP contribution in [-0.2, 0) is 0 Å². The van der Waals surface area contributed by atoms with Gasteiger partial charge in [0.05, 0.1) is 11.9 Å². The maximum atomic E-state index is 7.81. The molecule has 1 atom stereocenters. The summed E-state index contributed by atoms with van der Waals surface area (Å²) in [6.45, 7) is 29.7. The monoisotopic (exact) mass is 432 g/mol. The number of nitrogens with one attached hydrogen (secondary N) is 1. The molecule has 6 heteroatoms. The molecular formula is C26H36N6. The normalized spacial score (nSPS) is 23.1. The Kier molecular flexibility index (Phi) is 4.69. The lowest BCUT2D eigenvalue weighted by molar-refractivity contribution is -0.0538. The highest BCUT2D eigenvalue weighted by Crippen LogP contribution is 2.80. The molecule has 1 aliphatic carbocycles. The van der Waals surface area contributed by atoms with E-state index in [1.54, 1.807) is 6.33 Å². The van der Waals surface area contributed by atoms with Crippen molar-refractivity contribution in [3.63, 3.8) is 0 Å². The first-order chi connectivity index (χ1) is 14.8. The largest absolute Gasteiger partial charge is 0.346 e. The lowest BCUT2D eigenvalue weighted by Crippen LogP contribution is -2.50. The third-order valence-electron chi connectivity index (χ3n) is 10.8. The van der Waals surface area contributed by atoms with Gasteiger partial charge in [-0.15, -0.1) is 0 Å². The molecule has 0 spiro atoms. The van der Waals surface area contributed by atoms with Gasteiger partial charge in [0.15, 0.2) is 0 Å². The number of aromatic nitrogens is 5. The Morgan fingerprint density at radius 1 is 0.969 bits per heavy atom. The molecule has 3 aromatic heterocycles. The fourth-order valence-electron chi connectivity index (χ4n) is 6.83. The summed E-state index contributed by atoms with van der Waals surface area (Å²) in [7, 11) is 0. The van der Waals surface area contributed by atoms with Gasteiger partial charge in [-0.3, -0.25) is 4.68 Å². The van der Waals surface area contributed by atoms with Crippen LogP contribution in [-0.4, -0.2) is 31.3 Å². The van der Waals surface area contributed by atoms with Gasteiger partial charge < -0.3 is 9.83 Å². The summed E-state index contributed by atoms with van der Waals surface area (Å²) in [5.41, 5.74) is 2.46. The molecule has 1 N–H and O–H groups in total. The SMILES string of the molecule is [C-]#[N+]C[C@@H](n1cc(-c2ncnc3[nH]ccc23)cn1)C1(C)C(C)(C)C(C)(C)C(C)(C)C1(C)C. The predicted molar refractivity (Wildman–Crippen MR) is 129 cm³/mol. The number of fused-ring (bicyclic) bond motifs is 1. The minimum absolute atomic E-state index is 0.0444. The fraction of sp³-hybridized carbons (Fsp3) is 0.615. The first-order valence-electron chi connectivity index (χ1n) is 11.4. The Balaban J connectivity index is 1.89. The molecule has 0 saturated heterocycles. The standard InChI is InChI=1S/C26H36N6/c1-22(2)23(3,4)25(7,8)26(9,24(22,5)6)19(14-27-10)32-15-17(13-31-32)20-18-11-12-28-21(18)30-16-29-20/h11-13,15-16,19H,14H2,1-9H3,(H,28,29,30)/t19-/m1/s1. The maximum Gasteiger partial charge on any atom is 0.237 e. The fourth-order valence-corrected chi connectivity index (χ4v) is 6.83. The number of hydrogen-bond acceptors (Lipinski definition) is 3. The molecule has 0 unspecified atom stereocenters. The average molecular weight is 433 g/mol. The van der Waals surface area contributed by atoms with Crippen LogP contribution in [0, 0.1) is 33.6 Å². The zero-order chi connectivity index (χ0) is 23.7. The highest BCUT2D eigenvalue weighted by atomic mass is 15.3. The molecule has 1 fully saturated rings. The van der Waals surface area contributed by atoms with E-state index in [0.29, 0.717) is 6.54 Å². The second kappa shape index (κ2) is 6.66. The van der Waals surface area contributed by atoms with Crippen molar-refractivity contribution in [2.24, 2.45) is 27.1 Å². The molecule has 0 bridgehead atoms. The number of H-pyrrole nitrogens is 1. The van der Waals surface area contributed by atoms with Crippen molar-refractivity contribution in [1.82, 2.24) is 24.7 Å². The van der Waals surface area contributed by atoms with E-state index in [1.807, 2.05) is 23.1 Å². The zero-order valence-electron chi connectivity index (χ0n) is 20.9. The van der Waals surface area contributed by atoms with E-state index in [9.17, 15) is 0 Å². The van der Waals surface area contributed by atoms with Gasteiger partial charge in [-0.2, -0.15) is 5.10 Å². The molecule has 1 aliphatic rings. The van der Waals surface area contributed by atoms with Crippen molar-refractivity contribution in [3.05, 3.63) is 42.4 Å². The molecule has 1 saturated carbocycles. The zero-order valence-corrected chi connectivity index (χ0v) is 20.9. The summed E-state index contributed by atoms with van der Waals surface area (Å²) in [5.74, 6) is 0. The van der Waals surface area contributed by atoms with Crippen LogP contribution < -0.4 is 0 Å². The molecule has 6 nitrogen and oxygen atoms in total. The first-order valence-corrected chi connectivity index (χ1v) is 11.4. The van der Waals surface area contributed by atoms with Gasteiger partial charge in [0, 0.05) is 28.8 Å². The Morgan fingerprint density at radius 3 is 2.19 bits per heavy atom. The highest BCUT2D eigenvalue weighted by Gasteiger charge is 2.76. The molecular weight excluding hydrogens is 396 g/mol. The second-order valence-electron chi connectivity index (χ2n) is 11.7. The number of rotatable bonds is 4. The van der Waals surface area contributed by atoms with Gasteiger partial charge in [-0.25, -0.2) is 16.5 Å². The van der Waals surface area contributed by atoms with E-state index in [1.165, 1.54) is 0 Å². The van der Waals surface area contributed by atoms with Gasteiger partial charge in [-0.1, -0.05) is 62.3 Å². The van der Waals surface area contributed by atoms with Crippen LogP contribution in [0.4, 0.5) is 0 Å². The highest BCUT2D eigenvalue weighted by molar-refractivity contribution is 5.89. The summed E-state index contributed by atoms with van der Waals surface area (Å²) in [4.78, 5) is 15.9. The smallest absolute Gasteiger partial charge is 0.237 e. The molecule has 32 heavy (non-hydrogen) atoms. The summed E-state index contributed by atoms with van der Waals surface area (Å²) >= 11 is 0. The summed E-state index contributed by atoms with van der Waals surface area (Å²) in [5, 5.41) is 5.80. The van der Waals surface area contributed by atoms with Crippen molar-refractivity contribution in [3.8, 4) is 11.3 Å². The molecule has 0 aliphatic heterocycles. The van der Waals surface area contributed by atoms with E-state index >= 15 is 0 Å². The Hall–Kier alpha value is -2.68. The molecule has 0 amide bonds. The van der Waals surface area contributed by atoms with Crippen LogP contribution in [0.15, 0.2) is 31.0 Å². The molecule has 170 valence electrons. The lowest BCUT2D eigenvalue weighted by atomic mass is 9.53. The van der Waals surface area contributed by atoms with E-state index in [-0.39, 0.29) is 33.1 Å². The van der Waals surface area contributed by atoms with Crippen LogP contribution in [0.3, 0.4) is 0 Å². The van der Waals surface area contributed by atoms with Crippen LogP contribution in [0.2, 0.25) is 0 Å². The van der Waals surface area contributed by atoms with Gasteiger partial charge in [0.1, 0.15) is 18.0 Å². The molecule has 4 rings (SSSR count). The summed E-state index contributed by atoms with van der Waals surface area (Å²) in [6, 6.07) is 1.93. The third kappa shape index (κ3) is 2.43. The molecule has 3 aromatic rings.